The molecule has 0 unspecified atom stereocenters. The third-order valence-corrected chi connectivity index (χ3v) is 6.32. The number of aromatic nitrogens is 2. The molecule has 146 valence electrons. The van der Waals surface area contributed by atoms with Crippen LogP contribution in [0.2, 0.25) is 0 Å². The maximum Gasteiger partial charge on any atom is 0.230 e. The lowest BCUT2D eigenvalue weighted by Gasteiger charge is -2.17. The Bertz CT molecular complexity index is 924. The summed E-state index contributed by atoms with van der Waals surface area (Å²) >= 11 is 2.86. The normalized spacial score (nSPS) is 11.8. The SMILES string of the molecule is CC[C@@H](NC(=O)CSc1nnc(Nc2ccccc2C)s1)c1ccc(C)cc1. The van der Waals surface area contributed by atoms with Crippen molar-refractivity contribution in [3.8, 4) is 0 Å². The van der Waals surface area contributed by atoms with E-state index in [1.54, 1.807) is 0 Å². The number of rotatable bonds is 8. The summed E-state index contributed by atoms with van der Waals surface area (Å²) in [7, 11) is 0. The minimum atomic E-state index is 0.000961. The van der Waals surface area contributed by atoms with Gasteiger partial charge >= 0.3 is 0 Å². The molecule has 0 radical (unpaired) electrons. The maximum atomic E-state index is 12.4. The summed E-state index contributed by atoms with van der Waals surface area (Å²) in [5, 5.41) is 15.5. The largest absolute Gasteiger partial charge is 0.349 e. The minimum Gasteiger partial charge on any atom is -0.349 e. The highest BCUT2D eigenvalue weighted by atomic mass is 32.2. The highest BCUT2D eigenvalue weighted by Crippen LogP contribution is 2.28. The molecule has 5 nitrogen and oxygen atoms in total. The van der Waals surface area contributed by atoms with Gasteiger partial charge in [0.1, 0.15) is 0 Å². The van der Waals surface area contributed by atoms with Gasteiger partial charge in [-0.25, -0.2) is 0 Å². The van der Waals surface area contributed by atoms with Crippen molar-refractivity contribution in [2.45, 2.75) is 37.6 Å². The van der Waals surface area contributed by atoms with Gasteiger partial charge in [0.25, 0.3) is 0 Å². The smallest absolute Gasteiger partial charge is 0.230 e. The number of benzene rings is 2. The molecule has 28 heavy (non-hydrogen) atoms. The Labute approximate surface area is 174 Å². The summed E-state index contributed by atoms with van der Waals surface area (Å²) < 4.78 is 0.773. The Kier molecular flexibility index (Phi) is 7.06. The molecule has 2 N–H and O–H groups in total. The molecule has 1 amide bonds. The molecule has 1 atom stereocenters. The number of aryl methyl sites for hydroxylation is 2. The summed E-state index contributed by atoms with van der Waals surface area (Å²) in [6, 6.07) is 16.4. The zero-order valence-electron chi connectivity index (χ0n) is 16.2. The third-order valence-electron chi connectivity index (χ3n) is 4.34. The molecule has 0 saturated heterocycles. The number of anilines is 2. The Balaban J connectivity index is 1.52. The van der Waals surface area contributed by atoms with Gasteiger partial charge in [-0.2, -0.15) is 0 Å². The summed E-state index contributed by atoms with van der Waals surface area (Å²) in [4.78, 5) is 12.4. The fraction of sp³-hybridized carbons (Fsp3) is 0.286. The molecule has 0 aliphatic heterocycles. The van der Waals surface area contributed by atoms with Crippen molar-refractivity contribution in [1.82, 2.24) is 15.5 Å². The van der Waals surface area contributed by atoms with Gasteiger partial charge < -0.3 is 10.6 Å². The van der Waals surface area contributed by atoms with Crippen molar-refractivity contribution in [2.24, 2.45) is 0 Å². The average Bonchev–Trinajstić information content (AvgIpc) is 3.14. The molecule has 0 spiro atoms. The van der Waals surface area contributed by atoms with Crippen LogP contribution in [-0.4, -0.2) is 21.9 Å². The first kappa shape index (κ1) is 20.4. The zero-order valence-corrected chi connectivity index (χ0v) is 17.9. The number of carbonyl (C=O) groups excluding carboxylic acids is 1. The van der Waals surface area contributed by atoms with Crippen LogP contribution in [0.25, 0.3) is 0 Å². The van der Waals surface area contributed by atoms with Gasteiger partial charge in [-0.3, -0.25) is 4.79 Å². The molecule has 0 fully saturated rings. The second-order valence-electron chi connectivity index (χ2n) is 6.54. The van der Waals surface area contributed by atoms with E-state index in [0.717, 1.165) is 32.7 Å². The van der Waals surface area contributed by atoms with E-state index < -0.39 is 0 Å². The van der Waals surface area contributed by atoms with Crippen molar-refractivity contribution >= 4 is 39.8 Å². The highest BCUT2D eigenvalue weighted by Gasteiger charge is 2.14. The zero-order chi connectivity index (χ0) is 19.9. The van der Waals surface area contributed by atoms with E-state index >= 15 is 0 Å². The molecular weight excluding hydrogens is 388 g/mol. The Morgan fingerprint density at radius 2 is 1.86 bits per heavy atom. The number of hydrogen-bond acceptors (Lipinski definition) is 6. The van der Waals surface area contributed by atoms with Gasteiger partial charge in [0.2, 0.25) is 11.0 Å². The van der Waals surface area contributed by atoms with Crippen LogP contribution >= 0.6 is 23.1 Å². The Morgan fingerprint density at radius 1 is 1.11 bits per heavy atom. The van der Waals surface area contributed by atoms with Crippen LogP contribution in [0.5, 0.6) is 0 Å². The lowest BCUT2D eigenvalue weighted by molar-refractivity contribution is -0.119. The first-order valence-corrected chi connectivity index (χ1v) is 11.0. The number of nitrogens with one attached hydrogen (secondary N) is 2. The van der Waals surface area contributed by atoms with Crippen LogP contribution in [-0.2, 0) is 4.79 Å². The quantitative estimate of drug-likeness (QED) is 0.494. The second kappa shape index (κ2) is 9.71. The predicted octanol–water partition coefficient (Wildman–Crippen LogP) is 5.26. The van der Waals surface area contributed by atoms with Gasteiger partial charge in [-0.1, -0.05) is 78.1 Å². The fourth-order valence-electron chi connectivity index (χ4n) is 2.73. The molecule has 7 heteroatoms. The summed E-state index contributed by atoms with van der Waals surface area (Å²) in [5.74, 6) is 0.322. The predicted molar refractivity (Wildman–Crippen MR) is 117 cm³/mol. The first-order valence-electron chi connectivity index (χ1n) is 9.20. The maximum absolute atomic E-state index is 12.4. The van der Waals surface area contributed by atoms with Crippen molar-refractivity contribution in [2.75, 3.05) is 11.1 Å². The van der Waals surface area contributed by atoms with Gasteiger partial charge in [0.15, 0.2) is 4.34 Å². The number of carbonyl (C=O) groups is 1. The van der Waals surface area contributed by atoms with Crippen molar-refractivity contribution in [3.63, 3.8) is 0 Å². The molecule has 0 aliphatic carbocycles. The van der Waals surface area contributed by atoms with Crippen LogP contribution in [0.4, 0.5) is 10.8 Å². The Morgan fingerprint density at radius 3 is 2.57 bits per heavy atom. The van der Waals surface area contributed by atoms with E-state index in [1.165, 1.54) is 28.7 Å². The average molecular weight is 413 g/mol. The molecule has 1 aromatic heterocycles. The number of hydrogen-bond donors (Lipinski definition) is 2. The standard InChI is InChI=1S/C21H24N4OS2/c1-4-17(16-11-9-14(2)10-12-16)22-19(26)13-27-21-25-24-20(28-21)23-18-8-6-5-7-15(18)3/h5-12,17H,4,13H2,1-3H3,(H,22,26)(H,23,24)/t17-/m1/s1. The van der Waals surface area contributed by atoms with E-state index in [1.807, 2.05) is 31.2 Å². The number of para-hydroxylation sites is 1. The van der Waals surface area contributed by atoms with Crippen LogP contribution in [0.15, 0.2) is 52.9 Å². The molecule has 0 bridgehead atoms. The summed E-state index contributed by atoms with van der Waals surface area (Å²) in [6.07, 6.45) is 0.850. The lowest BCUT2D eigenvalue weighted by Crippen LogP contribution is -2.29. The van der Waals surface area contributed by atoms with E-state index in [-0.39, 0.29) is 11.9 Å². The van der Waals surface area contributed by atoms with Crippen LogP contribution < -0.4 is 10.6 Å². The number of nitrogens with zero attached hydrogens (tertiary/aromatic N) is 2. The van der Waals surface area contributed by atoms with Crippen LogP contribution in [0.3, 0.4) is 0 Å². The van der Waals surface area contributed by atoms with Crippen LogP contribution in [0.1, 0.15) is 36.1 Å². The van der Waals surface area contributed by atoms with E-state index in [2.05, 4.69) is 58.9 Å². The molecular formula is C21H24N4OS2. The Hall–Kier alpha value is -2.38. The van der Waals surface area contributed by atoms with Crippen molar-refractivity contribution < 1.29 is 4.79 Å². The van der Waals surface area contributed by atoms with Crippen LogP contribution in [0, 0.1) is 13.8 Å². The number of thioether (sulfide) groups is 1. The molecule has 0 aliphatic rings. The molecule has 0 saturated carbocycles. The van der Waals surface area contributed by atoms with Crippen molar-refractivity contribution in [3.05, 3.63) is 65.2 Å². The number of amides is 1. The molecule has 1 heterocycles. The highest BCUT2D eigenvalue weighted by molar-refractivity contribution is 8.01. The minimum absolute atomic E-state index is 0.000961. The van der Waals surface area contributed by atoms with E-state index in [0.29, 0.717) is 5.75 Å². The second-order valence-corrected chi connectivity index (χ2v) is 8.74. The third kappa shape index (κ3) is 5.56. The van der Waals surface area contributed by atoms with E-state index in [9.17, 15) is 4.79 Å². The monoisotopic (exact) mass is 412 g/mol. The van der Waals surface area contributed by atoms with Gasteiger partial charge in [0.05, 0.1) is 11.8 Å². The van der Waals surface area contributed by atoms with Gasteiger partial charge in [-0.05, 0) is 37.5 Å². The lowest BCUT2D eigenvalue weighted by atomic mass is 10.0. The van der Waals surface area contributed by atoms with E-state index in [4.69, 9.17) is 0 Å². The first-order chi connectivity index (χ1) is 13.5. The van der Waals surface area contributed by atoms with Gasteiger partial charge in [0, 0.05) is 5.69 Å². The summed E-state index contributed by atoms with van der Waals surface area (Å²) in [6.45, 7) is 6.18. The van der Waals surface area contributed by atoms with Gasteiger partial charge in [-0.15, -0.1) is 10.2 Å². The molecule has 3 rings (SSSR count). The summed E-state index contributed by atoms with van der Waals surface area (Å²) in [5.41, 5.74) is 4.50. The fourth-order valence-corrected chi connectivity index (χ4v) is 4.31. The molecule has 2 aromatic carbocycles. The topological polar surface area (TPSA) is 66.9 Å². The van der Waals surface area contributed by atoms with Crippen molar-refractivity contribution in [1.29, 1.82) is 0 Å². The molecule has 3 aromatic rings.